The lowest BCUT2D eigenvalue weighted by Gasteiger charge is -2.32. The van der Waals surface area contributed by atoms with Crippen molar-refractivity contribution in [1.29, 1.82) is 0 Å². The molecule has 0 aliphatic heterocycles. The lowest BCUT2D eigenvalue weighted by molar-refractivity contribution is -0.0544. The predicted molar refractivity (Wildman–Crippen MR) is 54.2 cm³/mol. The zero-order valence-electron chi connectivity index (χ0n) is 5.76. The highest BCUT2D eigenvalue weighted by Crippen LogP contribution is 2.77. The zero-order chi connectivity index (χ0) is 12.0. The van der Waals surface area contributed by atoms with Crippen LogP contribution in [0, 0.1) is 0 Å². The fraction of sp³-hybridized carbons (Fsp3) is 1.00. The van der Waals surface area contributed by atoms with Crippen LogP contribution in [-0.4, -0.2) is 14.6 Å². The standard InChI is InChI=1S/C3Cl6F3OP/c4-2(5,12)1(10,11)3(6,7)14(8,9)13. The van der Waals surface area contributed by atoms with Crippen LogP contribution in [0.15, 0.2) is 0 Å². The molecule has 0 saturated heterocycles. The van der Waals surface area contributed by atoms with Crippen molar-refractivity contribution in [1.82, 2.24) is 0 Å². The second-order valence-electron chi connectivity index (χ2n) is 2.08. The fourth-order valence-corrected chi connectivity index (χ4v) is 2.32. The number of hydrogen-bond acceptors (Lipinski definition) is 1. The molecule has 1 nitrogen and oxygen atoms in total. The Bertz CT molecular complexity index is 268. The van der Waals surface area contributed by atoms with Crippen LogP contribution in [0.3, 0.4) is 0 Å². The summed E-state index contributed by atoms with van der Waals surface area (Å²) >= 11 is 28.3. The van der Waals surface area contributed by atoms with Crippen LogP contribution >= 0.6 is 74.7 Å². The van der Waals surface area contributed by atoms with E-state index in [9.17, 15) is 17.7 Å². The minimum atomic E-state index is -4.81. The van der Waals surface area contributed by atoms with E-state index in [0.717, 1.165) is 0 Å². The Morgan fingerprint density at radius 1 is 0.929 bits per heavy atom. The monoisotopic (exact) mass is 350 g/mol. The molecule has 0 aromatic rings. The first-order chi connectivity index (χ1) is 5.75. The van der Waals surface area contributed by atoms with E-state index in [1.807, 2.05) is 0 Å². The van der Waals surface area contributed by atoms with Gasteiger partial charge in [-0.2, -0.15) is 8.78 Å². The van der Waals surface area contributed by atoms with Gasteiger partial charge in [-0.25, -0.2) is 4.39 Å². The maximum Gasteiger partial charge on any atom is 0.351 e. The molecule has 0 atom stereocenters. The van der Waals surface area contributed by atoms with Gasteiger partial charge in [-0.05, 0) is 22.5 Å². The first kappa shape index (κ1) is 15.8. The van der Waals surface area contributed by atoms with Gasteiger partial charge in [0.15, 0.2) is 0 Å². The summed E-state index contributed by atoms with van der Waals surface area (Å²) in [6.45, 7) is 0. The van der Waals surface area contributed by atoms with Gasteiger partial charge < -0.3 is 0 Å². The van der Waals surface area contributed by atoms with E-state index in [4.69, 9.17) is 45.7 Å². The van der Waals surface area contributed by atoms with Crippen molar-refractivity contribution < 1.29 is 17.7 Å². The van der Waals surface area contributed by atoms with Crippen LogP contribution in [-0.2, 0) is 4.57 Å². The molecule has 0 saturated carbocycles. The van der Waals surface area contributed by atoms with Crippen LogP contribution in [0.25, 0.3) is 0 Å². The molecule has 0 aliphatic rings. The summed E-state index contributed by atoms with van der Waals surface area (Å²) in [6.07, 6.45) is 0. The van der Waals surface area contributed by atoms with Crippen molar-refractivity contribution in [2.45, 2.75) is 14.6 Å². The Morgan fingerprint density at radius 3 is 1.29 bits per heavy atom. The van der Waals surface area contributed by atoms with Crippen molar-refractivity contribution in [3.8, 4) is 0 Å². The van der Waals surface area contributed by atoms with Crippen LogP contribution < -0.4 is 0 Å². The molecule has 0 spiro atoms. The molecule has 0 aromatic heterocycles. The summed E-state index contributed by atoms with van der Waals surface area (Å²) in [6, 6.07) is 0. The number of rotatable bonds is 3. The third-order valence-corrected chi connectivity index (χ3v) is 6.93. The third kappa shape index (κ3) is 2.71. The Kier molecular flexibility index (Phi) is 4.74. The summed E-state index contributed by atoms with van der Waals surface area (Å²) in [5.41, 5.74) is 0. The average molecular weight is 353 g/mol. The number of halogens is 9. The largest absolute Gasteiger partial charge is 0.351 e. The summed E-state index contributed by atoms with van der Waals surface area (Å²) in [5, 5.41) is 0. The van der Waals surface area contributed by atoms with Crippen LogP contribution in [0.1, 0.15) is 0 Å². The zero-order valence-corrected chi connectivity index (χ0v) is 11.2. The second kappa shape index (κ2) is 4.21. The molecular weight excluding hydrogens is 353 g/mol. The summed E-state index contributed by atoms with van der Waals surface area (Å²) in [4.78, 5) is 0. The molecule has 0 unspecified atom stereocenters. The third-order valence-electron chi connectivity index (χ3n) is 1.06. The average Bonchev–Trinajstić information content (AvgIpc) is 1.81. The first-order valence-electron chi connectivity index (χ1n) is 2.57. The normalized spacial score (nSPS) is 15.8. The molecule has 14 heavy (non-hydrogen) atoms. The van der Waals surface area contributed by atoms with Gasteiger partial charge in [0.25, 0.3) is 9.92 Å². The van der Waals surface area contributed by atoms with E-state index in [2.05, 4.69) is 23.2 Å². The Hall–Kier alpha value is 1.76. The smallest absolute Gasteiger partial charge is 0.286 e. The molecule has 0 radical (unpaired) electrons. The van der Waals surface area contributed by atoms with E-state index < -0.39 is 20.4 Å². The number of hydrogen-bond donors (Lipinski definition) is 0. The Balaban J connectivity index is 5.42. The van der Waals surface area contributed by atoms with Gasteiger partial charge in [-0.1, -0.05) is 46.4 Å². The molecule has 0 bridgehead atoms. The van der Waals surface area contributed by atoms with E-state index in [0.29, 0.717) is 0 Å². The van der Waals surface area contributed by atoms with Crippen LogP contribution in [0.2, 0.25) is 0 Å². The van der Waals surface area contributed by atoms with Crippen LogP contribution in [0.4, 0.5) is 13.2 Å². The van der Waals surface area contributed by atoms with E-state index in [1.54, 1.807) is 0 Å². The molecule has 0 rings (SSSR count). The van der Waals surface area contributed by atoms with Crippen molar-refractivity contribution in [3.05, 3.63) is 0 Å². The molecular formula is C3Cl6F3OP. The van der Waals surface area contributed by atoms with E-state index >= 15 is 0 Å². The van der Waals surface area contributed by atoms with Gasteiger partial charge in [0.2, 0.25) is 0 Å². The van der Waals surface area contributed by atoms with E-state index in [1.165, 1.54) is 0 Å². The topological polar surface area (TPSA) is 17.1 Å². The maximum atomic E-state index is 13.0. The van der Waals surface area contributed by atoms with Gasteiger partial charge in [0, 0.05) is 0 Å². The quantitative estimate of drug-likeness (QED) is 0.482. The molecule has 0 N–H and O–H groups in total. The highest BCUT2D eigenvalue weighted by Gasteiger charge is 2.72. The molecule has 11 heteroatoms. The molecule has 0 fully saturated rings. The van der Waals surface area contributed by atoms with Gasteiger partial charge in [-0.3, -0.25) is 4.57 Å². The predicted octanol–water partition coefficient (Wildman–Crippen LogP) is 5.52. The SMILES string of the molecule is O=P(Cl)(Cl)C(Cl)(Cl)C(F)(F)C(F)(Cl)Cl. The first-order valence-corrected chi connectivity index (χ1v) is 7.60. The van der Waals surface area contributed by atoms with Crippen molar-refractivity contribution in [2.75, 3.05) is 0 Å². The van der Waals surface area contributed by atoms with Gasteiger partial charge in [-0.15, -0.1) is 0 Å². The Morgan fingerprint density at radius 2 is 1.21 bits per heavy atom. The Labute approximate surface area is 107 Å². The highest BCUT2D eigenvalue weighted by atomic mass is 35.9. The lowest BCUT2D eigenvalue weighted by Crippen LogP contribution is -2.47. The van der Waals surface area contributed by atoms with Gasteiger partial charge >= 0.3 is 10.5 Å². The van der Waals surface area contributed by atoms with Gasteiger partial charge in [0.05, 0.1) is 0 Å². The second-order valence-corrected chi connectivity index (χ2v) is 10.1. The minimum Gasteiger partial charge on any atom is -0.286 e. The van der Waals surface area contributed by atoms with Crippen molar-refractivity contribution >= 4 is 74.7 Å². The van der Waals surface area contributed by atoms with Crippen molar-refractivity contribution in [3.63, 3.8) is 0 Å². The van der Waals surface area contributed by atoms with E-state index in [-0.39, 0.29) is 0 Å². The maximum absolute atomic E-state index is 13.0. The lowest BCUT2D eigenvalue weighted by atomic mass is 10.4. The number of alkyl halides is 7. The molecule has 86 valence electrons. The fourth-order valence-electron chi connectivity index (χ4n) is 0.334. The highest BCUT2D eigenvalue weighted by molar-refractivity contribution is 8.11. The molecule has 0 aliphatic carbocycles. The molecule has 0 aromatic carbocycles. The summed E-state index contributed by atoms with van der Waals surface area (Å²) in [5.74, 6) is -9.58. The summed E-state index contributed by atoms with van der Waals surface area (Å²) < 4.78 is 41.5. The minimum absolute atomic E-state index is 3.62. The van der Waals surface area contributed by atoms with Crippen LogP contribution in [0.5, 0.6) is 0 Å². The van der Waals surface area contributed by atoms with Crippen molar-refractivity contribution in [2.24, 2.45) is 0 Å². The molecule has 0 amide bonds. The molecule has 0 heterocycles. The van der Waals surface area contributed by atoms with Gasteiger partial charge in [0.1, 0.15) is 0 Å². The summed E-state index contributed by atoms with van der Waals surface area (Å²) in [7, 11) is 0.